The molecule has 2 aromatic carbocycles. The molecule has 4 rings (SSSR count). The molecule has 0 bridgehead atoms. The number of halogens is 1. The SMILES string of the molecule is Cc1ccccc1C1=NOC(CN(Cc2cccc(F)c2)C(=O)C2CC2)C1. The molecule has 1 amide bonds. The van der Waals surface area contributed by atoms with Crippen LogP contribution in [0.2, 0.25) is 0 Å². The van der Waals surface area contributed by atoms with Gasteiger partial charge in [0, 0.05) is 24.4 Å². The largest absolute Gasteiger partial charge is 0.390 e. The fraction of sp³-hybridized carbons (Fsp3) is 0.364. The van der Waals surface area contributed by atoms with E-state index in [1.807, 2.05) is 24.3 Å². The first-order chi connectivity index (χ1) is 13.1. The molecule has 0 radical (unpaired) electrons. The highest BCUT2D eigenvalue weighted by atomic mass is 19.1. The minimum absolute atomic E-state index is 0.108. The van der Waals surface area contributed by atoms with Crippen molar-refractivity contribution in [3.05, 3.63) is 71.0 Å². The van der Waals surface area contributed by atoms with Crippen LogP contribution >= 0.6 is 0 Å². The topological polar surface area (TPSA) is 41.9 Å². The number of benzene rings is 2. The maximum absolute atomic E-state index is 13.5. The number of nitrogens with zero attached hydrogens (tertiary/aromatic N) is 2. The number of carbonyl (C=O) groups excluding carboxylic acids is 1. The molecule has 0 spiro atoms. The zero-order valence-electron chi connectivity index (χ0n) is 15.4. The van der Waals surface area contributed by atoms with E-state index in [1.54, 1.807) is 11.0 Å². The molecule has 4 nitrogen and oxygen atoms in total. The van der Waals surface area contributed by atoms with E-state index in [1.165, 1.54) is 12.1 Å². The summed E-state index contributed by atoms with van der Waals surface area (Å²) in [4.78, 5) is 20.2. The van der Waals surface area contributed by atoms with Crippen LogP contribution in [0.15, 0.2) is 53.7 Å². The highest BCUT2D eigenvalue weighted by molar-refractivity contribution is 6.02. The van der Waals surface area contributed by atoms with Gasteiger partial charge in [0.15, 0.2) is 6.10 Å². The van der Waals surface area contributed by atoms with Crippen molar-refractivity contribution >= 4 is 11.6 Å². The minimum Gasteiger partial charge on any atom is -0.390 e. The second kappa shape index (κ2) is 7.51. The zero-order valence-corrected chi connectivity index (χ0v) is 15.4. The van der Waals surface area contributed by atoms with E-state index in [4.69, 9.17) is 4.84 Å². The summed E-state index contributed by atoms with van der Waals surface area (Å²) in [5, 5.41) is 4.26. The van der Waals surface area contributed by atoms with Gasteiger partial charge in [0.2, 0.25) is 5.91 Å². The third kappa shape index (κ3) is 4.18. The van der Waals surface area contributed by atoms with Crippen LogP contribution in [-0.2, 0) is 16.2 Å². The van der Waals surface area contributed by atoms with Crippen LogP contribution in [0.3, 0.4) is 0 Å². The molecule has 1 aliphatic heterocycles. The molecule has 2 aliphatic rings. The monoisotopic (exact) mass is 366 g/mol. The Bertz CT molecular complexity index is 876. The summed E-state index contributed by atoms with van der Waals surface area (Å²) >= 11 is 0. The lowest BCUT2D eigenvalue weighted by Crippen LogP contribution is -2.38. The molecule has 5 heteroatoms. The van der Waals surface area contributed by atoms with Crippen LogP contribution in [0.5, 0.6) is 0 Å². The van der Waals surface area contributed by atoms with E-state index in [0.717, 1.165) is 35.2 Å². The summed E-state index contributed by atoms with van der Waals surface area (Å²) < 4.78 is 13.5. The predicted octanol–water partition coefficient (Wildman–Crippen LogP) is 4.07. The molecule has 2 aromatic rings. The smallest absolute Gasteiger partial charge is 0.226 e. The molecule has 1 saturated carbocycles. The van der Waals surface area contributed by atoms with Crippen molar-refractivity contribution in [2.24, 2.45) is 11.1 Å². The van der Waals surface area contributed by atoms with Crippen LogP contribution in [-0.4, -0.2) is 29.2 Å². The zero-order chi connectivity index (χ0) is 18.8. The van der Waals surface area contributed by atoms with Crippen LogP contribution in [0, 0.1) is 18.7 Å². The molecular formula is C22H23FN2O2. The number of hydrogen-bond donors (Lipinski definition) is 0. The standard InChI is InChI=1S/C22H23FN2O2/c1-15-5-2-3-8-20(15)21-12-19(27-24-21)14-25(22(26)17-9-10-17)13-16-6-4-7-18(23)11-16/h2-8,11,17,19H,9-10,12-14H2,1H3. The summed E-state index contributed by atoms with van der Waals surface area (Å²) in [6.07, 6.45) is 2.38. The maximum atomic E-state index is 13.5. The molecule has 27 heavy (non-hydrogen) atoms. The normalized spacial score (nSPS) is 18.7. The van der Waals surface area contributed by atoms with Gasteiger partial charge in [-0.1, -0.05) is 41.6 Å². The van der Waals surface area contributed by atoms with E-state index in [9.17, 15) is 9.18 Å². The van der Waals surface area contributed by atoms with Crippen molar-refractivity contribution in [3.8, 4) is 0 Å². The maximum Gasteiger partial charge on any atom is 0.226 e. The van der Waals surface area contributed by atoms with Gasteiger partial charge in [-0.05, 0) is 43.0 Å². The number of oxime groups is 1. The van der Waals surface area contributed by atoms with Crippen LogP contribution in [0.25, 0.3) is 0 Å². The molecule has 1 heterocycles. The van der Waals surface area contributed by atoms with Gasteiger partial charge in [0.25, 0.3) is 0 Å². The molecule has 1 aliphatic carbocycles. The second-order valence-electron chi connectivity index (χ2n) is 7.41. The Labute approximate surface area is 158 Å². The lowest BCUT2D eigenvalue weighted by molar-refractivity contribution is -0.135. The van der Waals surface area contributed by atoms with Gasteiger partial charge in [-0.15, -0.1) is 0 Å². The fourth-order valence-electron chi connectivity index (χ4n) is 3.50. The molecule has 1 unspecified atom stereocenters. The van der Waals surface area contributed by atoms with E-state index >= 15 is 0 Å². The van der Waals surface area contributed by atoms with Crippen LogP contribution < -0.4 is 0 Å². The third-order valence-electron chi connectivity index (χ3n) is 5.11. The van der Waals surface area contributed by atoms with Gasteiger partial charge in [0.1, 0.15) is 5.82 Å². The molecule has 0 N–H and O–H groups in total. The Morgan fingerprint density at radius 3 is 2.78 bits per heavy atom. The van der Waals surface area contributed by atoms with Crippen molar-refractivity contribution < 1.29 is 14.0 Å². The van der Waals surface area contributed by atoms with Gasteiger partial charge in [-0.3, -0.25) is 4.79 Å². The summed E-state index contributed by atoms with van der Waals surface area (Å²) in [5.41, 5.74) is 3.96. The third-order valence-corrected chi connectivity index (χ3v) is 5.11. The van der Waals surface area contributed by atoms with Gasteiger partial charge in [0.05, 0.1) is 12.3 Å². The average molecular weight is 366 g/mol. The molecule has 1 atom stereocenters. The Morgan fingerprint density at radius 1 is 1.22 bits per heavy atom. The Balaban J connectivity index is 1.44. The predicted molar refractivity (Wildman–Crippen MR) is 102 cm³/mol. The Morgan fingerprint density at radius 2 is 2.04 bits per heavy atom. The van der Waals surface area contributed by atoms with Crippen LogP contribution in [0.1, 0.15) is 36.0 Å². The minimum atomic E-state index is -0.284. The van der Waals surface area contributed by atoms with Crippen LogP contribution in [0.4, 0.5) is 4.39 Å². The number of aryl methyl sites for hydroxylation is 1. The van der Waals surface area contributed by atoms with Crippen molar-refractivity contribution in [2.75, 3.05) is 6.54 Å². The number of rotatable bonds is 6. The quantitative estimate of drug-likeness (QED) is 0.773. The summed E-state index contributed by atoms with van der Waals surface area (Å²) in [5.74, 6) is -0.0440. The number of amides is 1. The summed E-state index contributed by atoms with van der Waals surface area (Å²) in [7, 11) is 0. The van der Waals surface area contributed by atoms with Crippen molar-refractivity contribution in [1.82, 2.24) is 4.90 Å². The highest BCUT2D eigenvalue weighted by Gasteiger charge is 2.35. The van der Waals surface area contributed by atoms with E-state index in [0.29, 0.717) is 19.5 Å². The Kier molecular flexibility index (Phi) is 4.92. The van der Waals surface area contributed by atoms with Crippen molar-refractivity contribution in [2.45, 2.75) is 38.8 Å². The average Bonchev–Trinajstić information content (AvgIpc) is 3.40. The summed E-state index contributed by atoms with van der Waals surface area (Å²) in [6, 6.07) is 14.5. The second-order valence-corrected chi connectivity index (χ2v) is 7.41. The summed E-state index contributed by atoms with van der Waals surface area (Å²) in [6.45, 7) is 2.91. The van der Waals surface area contributed by atoms with E-state index < -0.39 is 0 Å². The van der Waals surface area contributed by atoms with Crippen molar-refractivity contribution in [3.63, 3.8) is 0 Å². The lowest BCUT2D eigenvalue weighted by Gasteiger charge is -2.25. The first kappa shape index (κ1) is 17.7. The fourth-order valence-corrected chi connectivity index (χ4v) is 3.50. The van der Waals surface area contributed by atoms with Crippen molar-refractivity contribution in [1.29, 1.82) is 0 Å². The first-order valence-corrected chi connectivity index (χ1v) is 9.42. The number of carbonyl (C=O) groups is 1. The number of hydrogen-bond acceptors (Lipinski definition) is 3. The lowest BCUT2D eigenvalue weighted by atomic mass is 10.00. The van der Waals surface area contributed by atoms with Gasteiger partial charge in [-0.2, -0.15) is 0 Å². The van der Waals surface area contributed by atoms with Gasteiger partial charge in [-0.25, -0.2) is 4.39 Å². The van der Waals surface area contributed by atoms with E-state index in [2.05, 4.69) is 18.1 Å². The van der Waals surface area contributed by atoms with E-state index in [-0.39, 0.29) is 23.7 Å². The van der Waals surface area contributed by atoms with Gasteiger partial charge >= 0.3 is 0 Å². The Hall–Kier alpha value is -2.69. The molecule has 140 valence electrons. The molecule has 0 saturated heterocycles. The highest BCUT2D eigenvalue weighted by Crippen LogP contribution is 2.32. The molecular weight excluding hydrogens is 343 g/mol. The molecule has 0 aromatic heterocycles. The molecule has 1 fully saturated rings. The first-order valence-electron chi connectivity index (χ1n) is 9.42. The van der Waals surface area contributed by atoms with Gasteiger partial charge < -0.3 is 9.74 Å².